The van der Waals surface area contributed by atoms with Gasteiger partial charge in [0.15, 0.2) is 0 Å². The van der Waals surface area contributed by atoms with Crippen molar-refractivity contribution < 1.29 is 13.7 Å². The van der Waals surface area contributed by atoms with Crippen LogP contribution in [0.4, 0.5) is 11.6 Å². The third kappa shape index (κ3) is 6.17. The molecule has 0 saturated carbocycles. The Morgan fingerprint density at radius 2 is 1.86 bits per heavy atom. The van der Waals surface area contributed by atoms with E-state index in [2.05, 4.69) is 34.0 Å². The SMILES string of the molecule is CCc1c(C2=S(=O)(c3ccc(Cl)cc3)N[C@H](C(=O)OC(C)(C)C)C2)ncnc1N1CCC(c2ccc3c(n2)NCCC3)CC1. The minimum absolute atomic E-state index is 0.222. The van der Waals surface area contributed by atoms with Gasteiger partial charge in [0.05, 0.1) is 20.3 Å². The van der Waals surface area contributed by atoms with Crippen molar-refractivity contribution in [2.75, 3.05) is 29.9 Å². The molecule has 2 N–H and O–H groups in total. The third-order valence-electron chi connectivity index (χ3n) is 8.55. The molecule has 1 aromatic carbocycles. The number of aryl methyl sites for hydroxylation is 1. The first-order chi connectivity index (χ1) is 21.1. The van der Waals surface area contributed by atoms with Crippen molar-refractivity contribution in [3.63, 3.8) is 0 Å². The van der Waals surface area contributed by atoms with Crippen LogP contribution >= 0.6 is 11.6 Å². The number of fused-ring (bicyclic) bond motifs is 1. The van der Waals surface area contributed by atoms with Crippen LogP contribution < -0.4 is 14.9 Å². The number of rotatable bonds is 6. The molecule has 3 aromatic rings. The van der Waals surface area contributed by atoms with Crippen molar-refractivity contribution >= 4 is 43.8 Å². The van der Waals surface area contributed by atoms with Crippen LogP contribution in [0.1, 0.15) is 81.8 Å². The summed E-state index contributed by atoms with van der Waals surface area (Å²) in [5, 5.41) is 4.01. The van der Waals surface area contributed by atoms with Gasteiger partial charge < -0.3 is 15.0 Å². The summed E-state index contributed by atoms with van der Waals surface area (Å²) < 4.78 is 23.7. The maximum atomic E-state index is 14.9. The number of hydrogen-bond acceptors (Lipinski definition) is 8. The van der Waals surface area contributed by atoms with E-state index in [1.807, 2.05) is 20.8 Å². The van der Waals surface area contributed by atoms with E-state index in [9.17, 15) is 9.00 Å². The number of ether oxygens (including phenoxy) is 1. The molecule has 1 saturated heterocycles. The fourth-order valence-corrected chi connectivity index (χ4v) is 9.03. The van der Waals surface area contributed by atoms with E-state index >= 15 is 0 Å². The number of hydrogen-bond donors (Lipinski definition) is 2. The summed E-state index contributed by atoms with van der Waals surface area (Å²) in [5.74, 6) is 1.86. The van der Waals surface area contributed by atoms with E-state index in [0.717, 1.165) is 68.2 Å². The molecule has 1 fully saturated rings. The highest BCUT2D eigenvalue weighted by atomic mass is 35.5. The maximum absolute atomic E-state index is 14.9. The molecule has 0 radical (unpaired) electrons. The quantitative estimate of drug-likeness (QED) is 0.277. The topological polar surface area (TPSA) is 109 Å². The molecule has 0 spiro atoms. The van der Waals surface area contributed by atoms with Crippen LogP contribution in [-0.4, -0.2) is 61.3 Å². The lowest BCUT2D eigenvalue weighted by Crippen LogP contribution is -2.40. The smallest absolute Gasteiger partial charge is 0.324 e. The average Bonchev–Trinajstić information content (AvgIpc) is 3.38. The van der Waals surface area contributed by atoms with E-state index in [0.29, 0.717) is 32.8 Å². The number of anilines is 2. The van der Waals surface area contributed by atoms with Gasteiger partial charge in [0.1, 0.15) is 29.6 Å². The Labute approximate surface area is 265 Å². The third-order valence-corrected chi connectivity index (χ3v) is 11.4. The predicted octanol–water partition coefficient (Wildman–Crippen LogP) is 5.31. The van der Waals surface area contributed by atoms with Gasteiger partial charge in [0, 0.05) is 53.1 Å². The fourth-order valence-electron chi connectivity index (χ4n) is 6.39. The molecule has 3 aliphatic rings. The van der Waals surface area contributed by atoms with Gasteiger partial charge in [-0.1, -0.05) is 24.6 Å². The zero-order chi connectivity index (χ0) is 31.1. The highest BCUT2D eigenvalue weighted by molar-refractivity contribution is 8.01. The normalized spacial score (nSPS) is 22.4. The molecule has 3 aliphatic heterocycles. The molecular formula is C33H41ClN6O3S. The molecular weight excluding hydrogens is 596 g/mol. The molecule has 234 valence electrons. The first-order valence-corrected chi connectivity index (χ1v) is 17.5. The summed E-state index contributed by atoms with van der Waals surface area (Å²) in [4.78, 5) is 31.1. The second kappa shape index (κ2) is 12.3. The minimum Gasteiger partial charge on any atom is -0.459 e. The van der Waals surface area contributed by atoms with Crippen molar-refractivity contribution in [1.29, 1.82) is 0 Å². The molecule has 2 aromatic heterocycles. The Kier molecular flexibility index (Phi) is 8.60. The number of carbonyl (C=O) groups is 1. The van der Waals surface area contributed by atoms with E-state index in [4.69, 9.17) is 31.3 Å². The molecule has 0 aliphatic carbocycles. The Bertz CT molecular complexity index is 1670. The van der Waals surface area contributed by atoms with Gasteiger partial charge >= 0.3 is 5.97 Å². The van der Waals surface area contributed by atoms with Gasteiger partial charge in [-0.15, -0.1) is 0 Å². The van der Waals surface area contributed by atoms with Crippen LogP contribution in [0.3, 0.4) is 0 Å². The van der Waals surface area contributed by atoms with Gasteiger partial charge in [0.2, 0.25) is 0 Å². The Morgan fingerprint density at radius 3 is 2.57 bits per heavy atom. The lowest BCUT2D eigenvalue weighted by molar-refractivity contribution is -0.156. The van der Waals surface area contributed by atoms with E-state index in [1.165, 1.54) is 5.56 Å². The second-order valence-corrected chi connectivity index (χ2v) is 15.5. The molecule has 9 nitrogen and oxygen atoms in total. The minimum atomic E-state index is -3.04. The van der Waals surface area contributed by atoms with E-state index in [1.54, 1.807) is 30.6 Å². The molecule has 5 heterocycles. The summed E-state index contributed by atoms with van der Waals surface area (Å²) in [6.07, 6.45) is 6.60. The summed E-state index contributed by atoms with van der Waals surface area (Å²) in [6.45, 7) is 10.2. The van der Waals surface area contributed by atoms with Crippen molar-refractivity contribution in [1.82, 2.24) is 19.7 Å². The summed E-state index contributed by atoms with van der Waals surface area (Å²) in [6, 6.07) is 10.6. The summed E-state index contributed by atoms with van der Waals surface area (Å²) >= 11 is 6.18. The van der Waals surface area contributed by atoms with Gasteiger partial charge in [-0.2, -0.15) is 0 Å². The number of esters is 1. The predicted molar refractivity (Wildman–Crippen MR) is 176 cm³/mol. The van der Waals surface area contributed by atoms with Crippen molar-refractivity contribution in [3.8, 4) is 0 Å². The standard InChI is InChI=1S/C33H41ClN6O3S/c1-5-25-29(28-19-27(32(41)43-33(2,3)4)39-44(28,42)24-11-9-23(34)10-12-24)36-20-37-31(25)40-17-14-21(15-18-40)26-13-8-22-7-6-16-35-30(22)38-26/h8-13,20-21,27H,5-7,14-19H2,1-4H3,(H,35,38)(H,39,42)/t27-,44?/m0/s1. The van der Waals surface area contributed by atoms with Crippen molar-refractivity contribution in [2.24, 2.45) is 0 Å². The van der Waals surface area contributed by atoms with Crippen LogP contribution in [0.25, 0.3) is 0 Å². The zero-order valence-electron chi connectivity index (χ0n) is 25.9. The van der Waals surface area contributed by atoms with Gasteiger partial charge in [-0.05, 0) is 88.8 Å². The van der Waals surface area contributed by atoms with Crippen LogP contribution in [0.2, 0.25) is 5.02 Å². The van der Waals surface area contributed by atoms with E-state index in [-0.39, 0.29) is 6.42 Å². The highest BCUT2D eigenvalue weighted by Crippen LogP contribution is 2.34. The number of halogens is 1. The zero-order valence-corrected chi connectivity index (χ0v) is 27.4. The van der Waals surface area contributed by atoms with Crippen LogP contribution in [0, 0.1) is 0 Å². The Morgan fingerprint density at radius 1 is 1.11 bits per heavy atom. The lowest BCUT2D eigenvalue weighted by atomic mass is 9.91. The second-order valence-electron chi connectivity index (χ2n) is 12.8. The largest absolute Gasteiger partial charge is 0.459 e. The van der Waals surface area contributed by atoms with Crippen LogP contribution in [0.15, 0.2) is 47.6 Å². The fraction of sp³-hybridized carbons (Fsp3) is 0.485. The van der Waals surface area contributed by atoms with Gasteiger partial charge in [-0.3, -0.25) is 4.79 Å². The van der Waals surface area contributed by atoms with Crippen LogP contribution in [-0.2, 0) is 32.1 Å². The van der Waals surface area contributed by atoms with Gasteiger partial charge in [-0.25, -0.2) is 23.9 Å². The number of pyridine rings is 1. The summed E-state index contributed by atoms with van der Waals surface area (Å²) in [7, 11) is -3.04. The van der Waals surface area contributed by atoms with Crippen molar-refractivity contribution in [2.45, 2.75) is 88.7 Å². The molecule has 2 atom stereocenters. The first kappa shape index (κ1) is 30.8. The molecule has 1 unspecified atom stereocenters. The first-order valence-electron chi connectivity index (χ1n) is 15.5. The molecule has 6 rings (SSSR count). The Hall–Kier alpha value is -3.21. The van der Waals surface area contributed by atoms with Crippen LogP contribution in [0.5, 0.6) is 0 Å². The number of nitrogens with one attached hydrogen (secondary N) is 2. The maximum Gasteiger partial charge on any atom is 0.324 e. The monoisotopic (exact) mass is 636 g/mol. The highest BCUT2D eigenvalue weighted by Gasteiger charge is 2.39. The number of piperidine rings is 1. The molecule has 11 heteroatoms. The molecule has 0 amide bonds. The number of aromatic nitrogens is 3. The molecule has 44 heavy (non-hydrogen) atoms. The average molecular weight is 637 g/mol. The number of benzene rings is 1. The lowest BCUT2D eigenvalue weighted by Gasteiger charge is -2.34. The number of carbonyl (C=O) groups excluding carboxylic acids is 1. The van der Waals surface area contributed by atoms with Gasteiger partial charge in [0.25, 0.3) is 0 Å². The Balaban J connectivity index is 1.31. The molecule has 0 bridgehead atoms. The van der Waals surface area contributed by atoms with E-state index < -0.39 is 27.3 Å². The summed E-state index contributed by atoms with van der Waals surface area (Å²) in [5.41, 5.74) is 3.36. The van der Waals surface area contributed by atoms with Crippen molar-refractivity contribution in [3.05, 3.63) is 70.3 Å². The number of nitrogens with zero attached hydrogens (tertiary/aromatic N) is 4.